The molecule has 0 bridgehead atoms. The van der Waals surface area contributed by atoms with Crippen molar-refractivity contribution in [3.05, 3.63) is 68.2 Å². The topological polar surface area (TPSA) is 87.8 Å². The number of hydrogen-bond donors (Lipinski definition) is 1. The van der Waals surface area contributed by atoms with Crippen LogP contribution in [0.25, 0.3) is 0 Å². The maximum atomic E-state index is 12.1. The minimum Gasteiger partial charge on any atom is -0.372 e. The summed E-state index contributed by atoms with van der Waals surface area (Å²) in [5.74, 6) is -0.364. The van der Waals surface area contributed by atoms with E-state index in [9.17, 15) is 14.9 Å². The number of nitrogens with zero attached hydrogens (tertiary/aromatic N) is 3. The van der Waals surface area contributed by atoms with Crippen LogP contribution in [-0.4, -0.2) is 30.1 Å². The lowest BCUT2D eigenvalue weighted by Gasteiger charge is -2.22. The van der Waals surface area contributed by atoms with Crippen molar-refractivity contribution in [2.45, 2.75) is 13.8 Å². The number of carbonyl (C=O) groups excluding carboxylic acids is 1. The van der Waals surface area contributed by atoms with Gasteiger partial charge in [-0.2, -0.15) is 5.10 Å². The highest BCUT2D eigenvalue weighted by atomic mass is 79.9. The van der Waals surface area contributed by atoms with E-state index in [0.717, 1.165) is 23.2 Å². The van der Waals surface area contributed by atoms with Crippen LogP contribution in [0.2, 0.25) is 0 Å². The Kier molecular flexibility index (Phi) is 6.85. The van der Waals surface area contributed by atoms with Crippen LogP contribution in [0.5, 0.6) is 0 Å². The molecule has 8 heteroatoms. The molecule has 0 aliphatic rings. The molecular formula is C18H19BrN4O3. The molecule has 0 saturated heterocycles. The van der Waals surface area contributed by atoms with Crippen LogP contribution in [0.3, 0.4) is 0 Å². The SMILES string of the molecule is CCN(CC)c1ccc([N+](=O)[O-])cc1C=NNC(=O)c1cccc(Br)c1. The van der Waals surface area contributed by atoms with Gasteiger partial charge in [0, 0.05) is 46.5 Å². The number of amides is 1. The van der Waals surface area contributed by atoms with Crippen LogP contribution >= 0.6 is 15.9 Å². The first-order chi connectivity index (χ1) is 12.5. The third kappa shape index (κ3) is 4.89. The normalized spacial score (nSPS) is 10.7. The second-order valence-corrected chi connectivity index (χ2v) is 6.30. The van der Waals surface area contributed by atoms with Gasteiger partial charge in [-0.25, -0.2) is 5.43 Å². The molecule has 136 valence electrons. The Labute approximate surface area is 160 Å². The van der Waals surface area contributed by atoms with Crippen molar-refractivity contribution >= 4 is 39.4 Å². The number of non-ortho nitro benzene ring substituents is 1. The molecule has 0 atom stereocenters. The fourth-order valence-electron chi connectivity index (χ4n) is 2.47. The molecule has 1 amide bonds. The highest BCUT2D eigenvalue weighted by molar-refractivity contribution is 9.10. The number of anilines is 1. The molecule has 0 aliphatic carbocycles. The van der Waals surface area contributed by atoms with Gasteiger partial charge in [-0.15, -0.1) is 0 Å². The zero-order valence-electron chi connectivity index (χ0n) is 14.5. The number of benzene rings is 2. The van der Waals surface area contributed by atoms with Gasteiger partial charge in [0.1, 0.15) is 0 Å². The predicted octanol–water partition coefficient (Wildman–Crippen LogP) is 3.97. The molecule has 0 radical (unpaired) electrons. The largest absolute Gasteiger partial charge is 0.372 e. The van der Waals surface area contributed by atoms with Gasteiger partial charge >= 0.3 is 0 Å². The fourth-order valence-corrected chi connectivity index (χ4v) is 2.87. The average Bonchev–Trinajstić information content (AvgIpc) is 2.63. The summed E-state index contributed by atoms with van der Waals surface area (Å²) in [4.78, 5) is 24.8. The van der Waals surface area contributed by atoms with Crippen molar-refractivity contribution in [1.82, 2.24) is 5.43 Å². The van der Waals surface area contributed by atoms with Gasteiger partial charge in [-0.3, -0.25) is 14.9 Å². The second kappa shape index (κ2) is 9.10. The molecule has 26 heavy (non-hydrogen) atoms. The van der Waals surface area contributed by atoms with E-state index in [0.29, 0.717) is 11.1 Å². The van der Waals surface area contributed by atoms with Gasteiger partial charge in [0.05, 0.1) is 11.1 Å². The first-order valence-electron chi connectivity index (χ1n) is 8.08. The molecule has 2 aromatic carbocycles. The summed E-state index contributed by atoms with van der Waals surface area (Å²) >= 11 is 3.31. The molecule has 0 aromatic heterocycles. The monoisotopic (exact) mass is 418 g/mol. The Bertz CT molecular complexity index is 835. The smallest absolute Gasteiger partial charge is 0.271 e. The van der Waals surface area contributed by atoms with E-state index in [1.165, 1.54) is 18.3 Å². The van der Waals surface area contributed by atoms with Gasteiger partial charge in [0.15, 0.2) is 0 Å². The number of carbonyl (C=O) groups is 1. The zero-order chi connectivity index (χ0) is 19.1. The fraction of sp³-hybridized carbons (Fsp3) is 0.222. The summed E-state index contributed by atoms with van der Waals surface area (Å²) in [6.07, 6.45) is 1.43. The number of rotatable bonds is 7. The lowest BCUT2D eigenvalue weighted by molar-refractivity contribution is -0.384. The first-order valence-corrected chi connectivity index (χ1v) is 8.88. The molecule has 0 fully saturated rings. The Balaban J connectivity index is 2.25. The third-order valence-electron chi connectivity index (χ3n) is 3.78. The highest BCUT2D eigenvalue weighted by Gasteiger charge is 2.13. The van der Waals surface area contributed by atoms with E-state index in [1.54, 1.807) is 24.3 Å². The number of nitrogens with one attached hydrogen (secondary N) is 1. The Morgan fingerprint density at radius 3 is 2.62 bits per heavy atom. The van der Waals surface area contributed by atoms with Crippen molar-refractivity contribution in [1.29, 1.82) is 0 Å². The van der Waals surface area contributed by atoms with Gasteiger partial charge in [0.25, 0.3) is 11.6 Å². The van der Waals surface area contributed by atoms with Gasteiger partial charge in [0.2, 0.25) is 0 Å². The van der Waals surface area contributed by atoms with Crippen molar-refractivity contribution in [3.8, 4) is 0 Å². The molecule has 0 saturated carbocycles. The van der Waals surface area contributed by atoms with E-state index in [1.807, 2.05) is 19.9 Å². The van der Waals surface area contributed by atoms with Crippen molar-refractivity contribution in [3.63, 3.8) is 0 Å². The molecule has 0 heterocycles. The van der Waals surface area contributed by atoms with Crippen LogP contribution in [0.4, 0.5) is 11.4 Å². The number of hydrogen-bond acceptors (Lipinski definition) is 5. The Morgan fingerprint density at radius 1 is 1.27 bits per heavy atom. The molecule has 0 unspecified atom stereocenters. The third-order valence-corrected chi connectivity index (χ3v) is 4.28. The lowest BCUT2D eigenvalue weighted by Crippen LogP contribution is -2.23. The van der Waals surface area contributed by atoms with Crippen LogP contribution < -0.4 is 10.3 Å². The summed E-state index contributed by atoms with van der Waals surface area (Å²) < 4.78 is 0.789. The quantitative estimate of drug-likeness (QED) is 0.418. The summed E-state index contributed by atoms with van der Waals surface area (Å²) in [5.41, 5.74) is 4.27. The standard InChI is InChI=1S/C18H19BrN4O3/c1-3-22(4-2)17-9-8-16(23(25)26)11-14(17)12-20-21-18(24)13-6-5-7-15(19)10-13/h5-12H,3-4H2,1-2H3,(H,21,24). The molecular weight excluding hydrogens is 400 g/mol. The van der Waals surface area contributed by atoms with Gasteiger partial charge < -0.3 is 4.90 Å². The van der Waals surface area contributed by atoms with E-state index in [-0.39, 0.29) is 11.6 Å². The molecule has 0 spiro atoms. The van der Waals surface area contributed by atoms with Gasteiger partial charge in [-0.1, -0.05) is 22.0 Å². The van der Waals surface area contributed by atoms with Crippen LogP contribution in [0.15, 0.2) is 52.0 Å². The second-order valence-electron chi connectivity index (χ2n) is 5.38. The summed E-state index contributed by atoms with van der Waals surface area (Å²) in [5, 5.41) is 15.0. The van der Waals surface area contributed by atoms with E-state index < -0.39 is 4.92 Å². The number of hydrazone groups is 1. The zero-order valence-corrected chi connectivity index (χ0v) is 16.1. The number of halogens is 1. The van der Waals surface area contributed by atoms with Crippen molar-refractivity contribution in [2.24, 2.45) is 5.10 Å². The number of nitro groups is 1. The van der Waals surface area contributed by atoms with Crippen LogP contribution in [-0.2, 0) is 0 Å². The van der Waals surface area contributed by atoms with Gasteiger partial charge in [-0.05, 0) is 38.1 Å². The van der Waals surface area contributed by atoms with Crippen LogP contribution in [0, 0.1) is 10.1 Å². The average molecular weight is 419 g/mol. The minimum absolute atomic E-state index is 0.0272. The van der Waals surface area contributed by atoms with E-state index >= 15 is 0 Å². The summed E-state index contributed by atoms with van der Waals surface area (Å²) in [6.45, 7) is 5.50. The molecule has 7 nitrogen and oxygen atoms in total. The molecule has 1 N–H and O–H groups in total. The Morgan fingerprint density at radius 2 is 2.00 bits per heavy atom. The van der Waals surface area contributed by atoms with Crippen molar-refractivity contribution < 1.29 is 9.72 Å². The molecule has 2 aromatic rings. The highest BCUT2D eigenvalue weighted by Crippen LogP contribution is 2.24. The molecule has 2 rings (SSSR count). The number of nitro benzene ring substituents is 1. The van der Waals surface area contributed by atoms with Crippen LogP contribution in [0.1, 0.15) is 29.8 Å². The Hall–Kier alpha value is -2.74. The van der Waals surface area contributed by atoms with Crippen molar-refractivity contribution in [2.75, 3.05) is 18.0 Å². The minimum atomic E-state index is -0.455. The van der Waals surface area contributed by atoms with E-state index in [4.69, 9.17) is 0 Å². The summed E-state index contributed by atoms with van der Waals surface area (Å²) in [6, 6.07) is 11.5. The molecule has 0 aliphatic heterocycles. The van der Waals surface area contributed by atoms with E-state index in [2.05, 4.69) is 31.4 Å². The lowest BCUT2D eigenvalue weighted by atomic mass is 10.1. The first kappa shape index (κ1) is 19.6. The summed E-state index contributed by atoms with van der Waals surface area (Å²) in [7, 11) is 0. The predicted molar refractivity (Wildman–Crippen MR) is 106 cm³/mol. The maximum absolute atomic E-state index is 12.1. The maximum Gasteiger partial charge on any atom is 0.271 e.